The predicted octanol–water partition coefficient (Wildman–Crippen LogP) is 8.62. The summed E-state index contributed by atoms with van der Waals surface area (Å²) in [6.45, 7) is 10.8. The second kappa shape index (κ2) is 10.6. The Morgan fingerprint density at radius 1 is 0.707 bits per heavy atom. The van der Waals surface area contributed by atoms with E-state index < -0.39 is 28.9 Å². The molecule has 0 aliphatic heterocycles. The molecule has 2 aliphatic rings. The summed E-state index contributed by atoms with van der Waals surface area (Å²) in [6, 6.07) is 23.8. The van der Waals surface area contributed by atoms with Crippen LogP contribution in [0.25, 0.3) is 5.57 Å². The van der Waals surface area contributed by atoms with Crippen LogP contribution < -0.4 is 9.47 Å². The molecular formula is C35H36O6. The standard InChI is InChI=1S/C35H36O6/c1-33(2,3)40-31(36)38-25-19-15-23(16-20-25)35(24-17-21-26(22-18-24)39-32(37)41-34(4,5)6)29-13-9-7-11-27(29)28-12-8-10-14-30(28)35/h7-13,15-22,30H,14H2,1-6H3. The number of benzene rings is 3. The van der Waals surface area contributed by atoms with Crippen LogP contribution >= 0.6 is 0 Å². The lowest BCUT2D eigenvalue weighted by atomic mass is 9.63. The number of carbonyl (C=O) groups excluding carboxylic acids is 2. The van der Waals surface area contributed by atoms with Crippen molar-refractivity contribution in [3.63, 3.8) is 0 Å². The number of hydrogen-bond donors (Lipinski definition) is 0. The largest absolute Gasteiger partial charge is 0.514 e. The van der Waals surface area contributed by atoms with E-state index in [4.69, 9.17) is 18.9 Å². The maximum absolute atomic E-state index is 12.3. The van der Waals surface area contributed by atoms with E-state index in [9.17, 15) is 9.59 Å². The summed E-state index contributed by atoms with van der Waals surface area (Å²) < 4.78 is 21.6. The van der Waals surface area contributed by atoms with Crippen LogP contribution in [0.1, 0.15) is 70.2 Å². The monoisotopic (exact) mass is 552 g/mol. The Kier molecular flexibility index (Phi) is 7.28. The summed E-state index contributed by atoms with van der Waals surface area (Å²) >= 11 is 0. The van der Waals surface area contributed by atoms with Crippen molar-refractivity contribution in [1.82, 2.24) is 0 Å². The van der Waals surface area contributed by atoms with Crippen molar-refractivity contribution in [2.75, 3.05) is 0 Å². The predicted molar refractivity (Wildman–Crippen MR) is 158 cm³/mol. The third kappa shape index (κ3) is 5.78. The molecule has 0 amide bonds. The molecule has 5 rings (SSSR count). The van der Waals surface area contributed by atoms with E-state index in [1.54, 1.807) is 41.5 Å². The Balaban J connectivity index is 1.56. The summed E-state index contributed by atoms with van der Waals surface area (Å²) in [5, 5.41) is 0. The molecule has 0 bridgehead atoms. The highest BCUT2D eigenvalue weighted by molar-refractivity contribution is 5.84. The summed E-state index contributed by atoms with van der Waals surface area (Å²) in [7, 11) is 0. The van der Waals surface area contributed by atoms with Crippen LogP contribution in [0.4, 0.5) is 9.59 Å². The van der Waals surface area contributed by atoms with Gasteiger partial charge in [-0.15, -0.1) is 0 Å². The minimum Gasteiger partial charge on any atom is -0.428 e. The Bertz CT molecular complexity index is 1420. The van der Waals surface area contributed by atoms with Gasteiger partial charge in [-0.1, -0.05) is 66.8 Å². The van der Waals surface area contributed by atoms with Crippen molar-refractivity contribution >= 4 is 17.9 Å². The number of ether oxygens (including phenoxy) is 4. The summed E-state index contributed by atoms with van der Waals surface area (Å²) in [4.78, 5) is 24.6. The van der Waals surface area contributed by atoms with Gasteiger partial charge in [0.1, 0.15) is 22.7 Å². The summed E-state index contributed by atoms with van der Waals surface area (Å²) in [6.07, 6.45) is 5.90. The van der Waals surface area contributed by atoms with Crippen molar-refractivity contribution in [3.05, 3.63) is 113 Å². The number of allylic oxidation sites excluding steroid dienone is 4. The minimum absolute atomic E-state index is 0.139. The van der Waals surface area contributed by atoms with Crippen LogP contribution in [0, 0.1) is 5.92 Å². The Labute approximate surface area is 241 Å². The first kappa shape index (κ1) is 28.2. The highest BCUT2D eigenvalue weighted by atomic mass is 16.7. The van der Waals surface area contributed by atoms with E-state index in [-0.39, 0.29) is 5.92 Å². The van der Waals surface area contributed by atoms with E-state index in [1.807, 2.05) is 48.5 Å². The van der Waals surface area contributed by atoms with Gasteiger partial charge in [-0.05, 0) is 100 Å². The maximum Gasteiger partial charge on any atom is 0.514 e. The lowest BCUT2D eigenvalue weighted by Crippen LogP contribution is -2.34. The molecular weight excluding hydrogens is 516 g/mol. The van der Waals surface area contributed by atoms with Crippen molar-refractivity contribution in [1.29, 1.82) is 0 Å². The molecule has 3 aromatic rings. The molecule has 0 N–H and O–H groups in total. The van der Waals surface area contributed by atoms with Crippen LogP contribution in [-0.2, 0) is 14.9 Å². The third-order valence-corrected chi connectivity index (χ3v) is 7.15. The van der Waals surface area contributed by atoms with Gasteiger partial charge in [-0.3, -0.25) is 0 Å². The van der Waals surface area contributed by atoms with Crippen molar-refractivity contribution in [2.45, 2.75) is 64.6 Å². The van der Waals surface area contributed by atoms with E-state index >= 15 is 0 Å². The molecule has 3 aromatic carbocycles. The molecule has 0 spiro atoms. The fourth-order valence-electron chi connectivity index (χ4n) is 5.77. The fourth-order valence-corrected chi connectivity index (χ4v) is 5.77. The van der Waals surface area contributed by atoms with Crippen LogP contribution in [0.15, 0.2) is 91.0 Å². The third-order valence-electron chi connectivity index (χ3n) is 7.15. The topological polar surface area (TPSA) is 71.1 Å². The molecule has 0 fully saturated rings. The molecule has 0 aromatic heterocycles. The molecule has 2 aliphatic carbocycles. The molecule has 0 saturated heterocycles. The van der Waals surface area contributed by atoms with Crippen LogP contribution in [-0.4, -0.2) is 23.5 Å². The zero-order valence-corrected chi connectivity index (χ0v) is 24.4. The van der Waals surface area contributed by atoms with Crippen LogP contribution in [0.5, 0.6) is 11.5 Å². The van der Waals surface area contributed by atoms with Gasteiger partial charge in [0.25, 0.3) is 0 Å². The van der Waals surface area contributed by atoms with Gasteiger partial charge in [0, 0.05) is 5.92 Å². The average molecular weight is 553 g/mol. The van der Waals surface area contributed by atoms with Gasteiger partial charge >= 0.3 is 12.3 Å². The minimum atomic E-state index is -0.741. The second-order valence-corrected chi connectivity index (χ2v) is 12.4. The first-order valence-electron chi connectivity index (χ1n) is 13.9. The average Bonchev–Trinajstić information content (AvgIpc) is 3.19. The molecule has 0 heterocycles. The van der Waals surface area contributed by atoms with Crippen LogP contribution in [0.3, 0.4) is 0 Å². The number of hydrogen-bond acceptors (Lipinski definition) is 6. The van der Waals surface area contributed by atoms with Gasteiger partial charge < -0.3 is 18.9 Å². The van der Waals surface area contributed by atoms with Gasteiger partial charge in [0.15, 0.2) is 0 Å². The zero-order valence-electron chi connectivity index (χ0n) is 24.4. The Morgan fingerprint density at radius 3 is 1.68 bits per heavy atom. The second-order valence-electron chi connectivity index (χ2n) is 12.4. The van der Waals surface area contributed by atoms with E-state index in [2.05, 4.69) is 42.5 Å². The first-order valence-corrected chi connectivity index (χ1v) is 13.9. The van der Waals surface area contributed by atoms with E-state index in [1.165, 1.54) is 16.7 Å². The number of rotatable bonds is 4. The molecule has 41 heavy (non-hydrogen) atoms. The summed E-state index contributed by atoms with van der Waals surface area (Å²) in [5.74, 6) is 0.954. The Morgan fingerprint density at radius 2 is 1.20 bits per heavy atom. The normalized spacial score (nSPS) is 17.1. The van der Waals surface area contributed by atoms with Gasteiger partial charge in [-0.2, -0.15) is 0 Å². The molecule has 212 valence electrons. The number of fused-ring (bicyclic) bond motifs is 3. The molecule has 6 nitrogen and oxygen atoms in total. The number of carbonyl (C=O) groups is 2. The molecule has 0 radical (unpaired) electrons. The van der Waals surface area contributed by atoms with Crippen molar-refractivity contribution in [3.8, 4) is 11.5 Å². The molecule has 6 heteroatoms. The molecule has 0 saturated carbocycles. The lowest BCUT2D eigenvalue weighted by Gasteiger charge is -2.39. The van der Waals surface area contributed by atoms with Crippen LogP contribution in [0.2, 0.25) is 0 Å². The lowest BCUT2D eigenvalue weighted by molar-refractivity contribution is 0.0193. The summed E-state index contributed by atoms with van der Waals surface area (Å²) in [5.41, 5.74) is 3.99. The van der Waals surface area contributed by atoms with Crippen molar-refractivity contribution < 1.29 is 28.5 Å². The highest BCUT2D eigenvalue weighted by Gasteiger charge is 2.51. The zero-order chi connectivity index (χ0) is 29.4. The molecule has 1 atom stereocenters. The SMILES string of the molecule is CC(C)(C)OC(=O)Oc1ccc(C2(c3ccc(OC(=O)OC(C)(C)C)cc3)c3ccccc3C3=CC=CCC32)cc1. The first-order chi connectivity index (χ1) is 19.4. The van der Waals surface area contributed by atoms with Crippen molar-refractivity contribution in [2.24, 2.45) is 5.92 Å². The molecule has 1 unspecified atom stereocenters. The smallest absolute Gasteiger partial charge is 0.428 e. The fraction of sp³-hybridized carbons (Fsp3) is 0.314. The highest BCUT2D eigenvalue weighted by Crippen LogP contribution is 2.59. The van der Waals surface area contributed by atoms with E-state index in [0.29, 0.717) is 11.5 Å². The Hall–Kier alpha value is -4.32. The van der Waals surface area contributed by atoms with Gasteiger partial charge in [-0.25, -0.2) is 9.59 Å². The quantitative estimate of drug-likeness (QED) is 0.238. The van der Waals surface area contributed by atoms with Gasteiger partial charge in [0.05, 0.1) is 5.41 Å². The van der Waals surface area contributed by atoms with E-state index in [0.717, 1.165) is 17.5 Å². The van der Waals surface area contributed by atoms with Gasteiger partial charge in [0.2, 0.25) is 0 Å². The maximum atomic E-state index is 12.3.